The van der Waals surface area contributed by atoms with Crippen LogP contribution < -0.4 is 0 Å². The zero-order valence-corrected chi connectivity index (χ0v) is 9.19. The molecule has 76 valence electrons. The molecule has 0 aromatic carbocycles. The van der Waals surface area contributed by atoms with Gasteiger partial charge in [-0.3, -0.25) is 0 Å². The fourth-order valence-corrected chi connectivity index (χ4v) is 2.86. The lowest BCUT2D eigenvalue weighted by Crippen LogP contribution is -2.24. The van der Waals surface area contributed by atoms with E-state index in [2.05, 4.69) is 11.9 Å². The topological polar surface area (TPSA) is 29.5 Å². The van der Waals surface area contributed by atoms with Gasteiger partial charge in [-0.25, -0.2) is 4.79 Å². The summed E-state index contributed by atoms with van der Waals surface area (Å²) in [6, 6.07) is 1.97. The Balaban J connectivity index is 2.27. The zero-order valence-electron chi connectivity index (χ0n) is 8.37. The van der Waals surface area contributed by atoms with Crippen LogP contribution in [0.15, 0.2) is 6.07 Å². The molecule has 0 atom stereocenters. The molecule has 1 aromatic heterocycles. The van der Waals surface area contributed by atoms with E-state index in [0.717, 1.165) is 24.4 Å². The van der Waals surface area contributed by atoms with Crippen LogP contribution in [-0.4, -0.2) is 31.6 Å². The SMILES string of the molecule is COC(=O)c1cc2c(s1)CN(C)CC2. The number of carbonyl (C=O) groups excluding carboxylic acids is 1. The zero-order chi connectivity index (χ0) is 10.1. The molecule has 14 heavy (non-hydrogen) atoms. The molecule has 0 saturated heterocycles. The molecule has 0 aliphatic carbocycles. The number of methoxy groups -OCH3 is 1. The summed E-state index contributed by atoms with van der Waals surface area (Å²) in [5, 5.41) is 0. The molecule has 0 unspecified atom stereocenters. The van der Waals surface area contributed by atoms with Gasteiger partial charge < -0.3 is 9.64 Å². The van der Waals surface area contributed by atoms with E-state index >= 15 is 0 Å². The number of carbonyl (C=O) groups is 1. The third-order valence-corrected chi connectivity index (χ3v) is 3.60. The Hall–Kier alpha value is -0.870. The van der Waals surface area contributed by atoms with Gasteiger partial charge in [-0.15, -0.1) is 11.3 Å². The Morgan fingerprint density at radius 3 is 3.14 bits per heavy atom. The number of hydrogen-bond donors (Lipinski definition) is 0. The van der Waals surface area contributed by atoms with Crippen LogP contribution in [0.3, 0.4) is 0 Å². The number of ether oxygens (including phenoxy) is 1. The highest BCUT2D eigenvalue weighted by molar-refractivity contribution is 7.14. The van der Waals surface area contributed by atoms with Gasteiger partial charge in [-0.1, -0.05) is 0 Å². The molecule has 4 heteroatoms. The van der Waals surface area contributed by atoms with E-state index in [9.17, 15) is 4.79 Å². The van der Waals surface area contributed by atoms with Crippen LogP contribution >= 0.6 is 11.3 Å². The van der Waals surface area contributed by atoms with Crippen molar-refractivity contribution in [1.29, 1.82) is 0 Å². The van der Waals surface area contributed by atoms with Gasteiger partial charge in [-0.05, 0) is 25.1 Å². The Morgan fingerprint density at radius 2 is 2.43 bits per heavy atom. The maximum Gasteiger partial charge on any atom is 0.348 e. The van der Waals surface area contributed by atoms with E-state index in [4.69, 9.17) is 4.74 Å². The van der Waals surface area contributed by atoms with Crippen molar-refractivity contribution in [2.45, 2.75) is 13.0 Å². The minimum atomic E-state index is -0.216. The highest BCUT2D eigenvalue weighted by Crippen LogP contribution is 2.27. The van der Waals surface area contributed by atoms with Crippen LogP contribution in [0.25, 0.3) is 0 Å². The van der Waals surface area contributed by atoms with Gasteiger partial charge in [0.15, 0.2) is 0 Å². The number of rotatable bonds is 1. The minimum absolute atomic E-state index is 0.216. The Morgan fingerprint density at radius 1 is 1.64 bits per heavy atom. The van der Waals surface area contributed by atoms with Gasteiger partial charge in [0.05, 0.1) is 7.11 Å². The van der Waals surface area contributed by atoms with E-state index in [1.807, 2.05) is 6.07 Å². The minimum Gasteiger partial charge on any atom is -0.465 e. The van der Waals surface area contributed by atoms with E-state index in [-0.39, 0.29) is 5.97 Å². The standard InChI is InChI=1S/C10H13NO2S/c1-11-4-3-7-5-8(10(12)13-2)14-9(7)6-11/h5H,3-4,6H2,1-2H3. The number of nitrogens with zero attached hydrogens (tertiary/aromatic N) is 1. The lowest BCUT2D eigenvalue weighted by atomic mass is 10.1. The number of fused-ring (bicyclic) bond motifs is 1. The molecule has 0 bridgehead atoms. The quantitative estimate of drug-likeness (QED) is 0.660. The first-order valence-electron chi connectivity index (χ1n) is 4.59. The predicted octanol–water partition coefficient (Wildman–Crippen LogP) is 1.52. The maximum atomic E-state index is 11.3. The molecule has 0 amide bonds. The smallest absolute Gasteiger partial charge is 0.348 e. The van der Waals surface area contributed by atoms with E-state index in [1.54, 1.807) is 11.3 Å². The Bertz CT molecular complexity index is 359. The van der Waals surface area contributed by atoms with Crippen molar-refractivity contribution in [2.75, 3.05) is 20.7 Å². The third-order valence-electron chi connectivity index (χ3n) is 2.46. The first kappa shape index (κ1) is 9.68. The van der Waals surface area contributed by atoms with Crippen LogP contribution in [0.2, 0.25) is 0 Å². The summed E-state index contributed by atoms with van der Waals surface area (Å²) < 4.78 is 4.70. The summed E-state index contributed by atoms with van der Waals surface area (Å²) in [4.78, 5) is 15.6. The summed E-state index contributed by atoms with van der Waals surface area (Å²) in [5.41, 5.74) is 1.31. The first-order valence-corrected chi connectivity index (χ1v) is 5.41. The lowest BCUT2D eigenvalue weighted by molar-refractivity contribution is 0.0606. The summed E-state index contributed by atoms with van der Waals surface area (Å²) in [5.74, 6) is -0.216. The molecule has 0 N–H and O–H groups in total. The van der Waals surface area contributed by atoms with Crippen molar-refractivity contribution in [3.05, 3.63) is 21.4 Å². The van der Waals surface area contributed by atoms with Crippen LogP contribution in [0.4, 0.5) is 0 Å². The second-order valence-electron chi connectivity index (χ2n) is 3.54. The maximum absolute atomic E-state index is 11.3. The highest BCUT2D eigenvalue weighted by atomic mass is 32.1. The number of likely N-dealkylation sites (N-methyl/N-ethyl adjacent to an activating group) is 1. The second kappa shape index (κ2) is 3.71. The van der Waals surface area contributed by atoms with Crippen molar-refractivity contribution < 1.29 is 9.53 Å². The van der Waals surface area contributed by atoms with Gasteiger partial charge >= 0.3 is 5.97 Å². The normalized spacial score (nSPS) is 16.4. The van der Waals surface area contributed by atoms with Crippen LogP contribution in [0, 0.1) is 0 Å². The molecule has 0 spiro atoms. The molecular weight excluding hydrogens is 198 g/mol. The summed E-state index contributed by atoms with van der Waals surface area (Å²) in [6.07, 6.45) is 1.04. The molecule has 2 heterocycles. The van der Waals surface area contributed by atoms with Gasteiger partial charge in [0.25, 0.3) is 0 Å². The van der Waals surface area contributed by atoms with Gasteiger partial charge in [-0.2, -0.15) is 0 Å². The lowest BCUT2D eigenvalue weighted by Gasteiger charge is -2.21. The van der Waals surface area contributed by atoms with Crippen LogP contribution in [0.5, 0.6) is 0 Å². The van der Waals surface area contributed by atoms with E-state index in [1.165, 1.54) is 17.6 Å². The van der Waals surface area contributed by atoms with Crippen molar-refractivity contribution in [1.82, 2.24) is 4.90 Å². The van der Waals surface area contributed by atoms with Crippen LogP contribution in [-0.2, 0) is 17.7 Å². The molecule has 3 nitrogen and oxygen atoms in total. The highest BCUT2D eigenvalue weighted by Gasteiger charge is 2.19. The molecule has 1 aromatic rings. The second-order valence-corrected chi connectivity index (χ2v) is 4.68. The van der Waals surface area contributed by atoms with Crippen LogP contribution in [0.1, 0.15) is 20.1 Å². The average molecular weight is 211 g/mol. The van der Waals surface area contributed by atoms with Crippen molar-refractivity contribution in [3.8, 4) is 0 Å². The average Bonchev–Trinajstić information content (AvgIpc) is 2.59. The molecule has 1 aliphatic rings. The monoisotopic (exact) mass is 211 g/mol. The molecular formula is C10H13NO2S. The summed E-state index contributed by atoms with van der Waals surface area (Å²) >= 11 is 1.56. The number of thiophene rings is 1. The first-order chi connectivity index (χ1) is 6.70. The fourth-order valence-electron chi connectivity index (χ4n) is 1.65. The van der Waals surface area contributed by atoms with Gasteiger partial charge in [0, 0.05) is 18.0 Å². The Labute approximate surface area is 87.3 Å². The van der Waals surface area contributed by atoms with Crippen molar-refractivity contribution in [3.63, 3.8) is 0 Å². The van der Waals surface area contributed by atoms with Crippen molar-refractivity contribution >= 4 is 17.3 Å². The molecule has 0 fully saturated rings. The fraction of sp³-hybridized carbons (Fsp3) is 0.500. The van der Waals surface area contributed by atoms with Crippen molar-refractivity contribution in [2.24, 2.45) is 0 Å². The number of esters is 1. The summed E-state index contributed by atoms with van der Waals surface area (Å²) in [6.45, 7) is 2.03. The molecule has 0 radical (unpaired) electrons. The largest absolute Gasteiger partial charge is 0.465 e. The summed E-state index contributed by atoms with van der Waals surface area (Å²) in [7, 11) is 3.52. The molecule has 0 saturated carbocycles. The molecule has 1 aliphatic heterocycles. The molecule has 2 rings (SSSR count). The third kappa shape index (κ3) is 1.67. The van der Waals surface area contributed by atoms with E-state index in [0.29, 0.717) is 0 Å². The Kier molecular flexibility index (Phi) is 2.56. The van der Waals surface area contributed by atoms with Gasteiger partial charge in [0.1, 0.15) is 4.88 Å². The predicted molar refractivity (Wildman–Crippen MR) is 55.7 cm³/mol. The van der Waals surface area contributed by atoms with Gasteiger partial charge in [0.2, 0.25) is 0 Å². The number of hydrogen-bond acceptors (Lipinski definition) is 4. The van der Waals surface area contributed by atoms with E-state index < -0.39 is 0 Å².